The second-order valence-electron chi connectivity index (χ2n) is 3.66. The van der Waals surface area contributed by atoms with E-state index in [1.807, 2.05) is 43.3 Å². The molecule has 2 rings (SSSR count). The van der Waals surface area contributed by atoms with Crippen LogP contribution >= 0.6 is 11.6 Å². The predicted octanol–water partition coefficient (Wildman–Crippen LogP) is 3.88. The minimum Gasteiger partial charge on any atom is -0.289 e. The van der Waals surface area contributed by atoms with Gasteiger partial charge >= 0.3 is 0 Å². The van der Waals surface area contributed by atoms with Gasteiger partial charge < -0.3 is 0 Å². The van der Waals surface area contributed by atoms with E-state index in [-0.39, 0.29) is 5.78 Å². The van der Waals surface area contributed by atoms with Crippen molar-refractivity contribution in [2.24, 2.45) is 0 Å². The molecule has 0 radical (unpaired) electrons. The van der Waals surface area contributed by atoms with E-state index in [4.69, 9.17) is 11.6 Å². The number of rotatable bonds is 2. The Kier molecular flexibility index (Phi) is 3.07. The van der Waals surface area contributed by atoms with E-state index in [9.17, 15) is 4.79 Å². The summed E-state index contributed by atoms with van der Waals surface area (Å²) in [6, 6.07) is 14.6. The quantitative estimate of drug-likeness (QED) is 0.716. The Bertz CT molecular complexity index is 518. The van der Waals surface area contributed by atoms with E-state index in [2.05, 4.69) is 0 Å². The van der Waals surface area contributed by atoms with Crippen molar-refractivity contribution in [2.75, 3.05) is 0 Å². The molecule has 0 fully saturated rings. The Labute approximate surface area is 99.7 Å². The molecule has 2 aromatic carbocycles. The van der Waals surface area contributed by atoms with Crippen LogP contribution in [0.25, 0.3) is 0 Å². The van der Waals surface area contributed by atoms with Gasteiger partial charge in [0.1, 0.15) is 0 Å². The lowest BCUT2D eigenvalue weighted by Crippen LogP contribution is -2.01. The van der Waals surface area contributed by atoms with Gasteiger partial charge in [-0.3, -0.25) is 4.79 Å². The van der Waals surface area contributed by atoms with Crippen molar-refractivity contribution < 1.29 is 4.79 Å². The molecule has 0 bridgehead atoms. The molecule has 0 aliphatic heterocycles. The van der Waals surface area contributed by atoms with Gasteiger partial charge in [0.25, 0.3) is 0 Å². The number of ketones is 1. The van der Waals surface area contributed by atoms with Crippen LogP contribution in [0.4, 0.5) is 0 Å². The van der Waals surface area contributed by atoms with Crippen LogP contribution in [0.5, 0.6) is 0 Å². The summed E-state index contributed by atoms with van der Waals surface area (Å²) in [4.78, 5) is 12.1. The molecule has 16 heavy (non-hydrogen) atoms. The van der Waals surface area contributed by atoms with Gasteiger partial charge in [-0.05, 0) is 30.7 Å². The maximum atomic E-state index is 12.1. The molecule has 1 nitrogen and oxygen atoms in total. The van der Waals surface area contributed by atoms with Crippen molar-refractivity contribution in [3.63, 3.8) is 0 Å². The van der Waals surface area contributed by atoms with E-state index < -0.39 is 0 Å². The highest BCUT2D eigenvalue weighted by Gasteiger charge is 2.09. The first kappa shape index (κ1) is 10.9. The third-order valence-corrected chi connectivity index (χ3v) is 2.88. The Morgan fingerprint density at radius 1 is 1.00 bits per heavy atom. The summed E-state index contributed by atoms with van der Waals surface area (Å²) in [5.41, 5.74) is 2.29. The number of halogens is 1. The molecule has 80 valence electrons. The van der Waals surface area contributed by atoms with Gasteiger partial charge in [-0.25, -0.2) is 0 Å². The molecular formula is C14H11ClO. The summed E-state index contributed by atoms with van der Waals surface area (Å²) >= 11 is 5.92. The van der Waals surface area contributed by atoms with E-state index in [1.54, 1.807) is 12.1 Å². The molecule has 0 saturated heterocycles. The van der Waals surface area contributed by atoms with Crippen molar-refractivity contribution in [3.8, 4) is 0 Å². The van der Waals surface area contributed by atoms with Crippen LogP contribution in [0.2, 0.25) is 5.02 Å². The SMILES string of the molecule is Cc1cc(C(=O)c2ccccc2)ccc1Cl. The fourth-order valence-corrected chi connectivity index (χ4v) is 1.66. The highest BCUT2D eigenvalue weighted by atomic mass is 35.5. The summed E-state index contributed by atoms with van der Waals surface area (Å²) in [6.45, 7) is 1.89. The summed E-state index contributed by atoms with van der Waals surface area (Å²) in [5, 5.41) is 0.685. The van der Waals surface area contributed by atoms with Crippen molar-refractivity contribution in [3.05, 3.63) is 70.2 Å². The number of carbonyl (C=O) groups excluding carboxylic acids is 1. The number of hydrogen-bond donors (Lipinski definition) is 0. The van der Waals surface area contributed by atoms with Crippen molar-refractivity contribution >= 4 is 17.4 Å². The summed E-state index contributed by atoms with van der Waals surface area (Å²) in [5.74, 6) is 0.0281. The minimum absolute atomic E-state index is 0.0281. The van der Waals surface area contributed by atoms with E-state index in [0.717, 1.165) is 5.56 Å². The summed E-state index contributed by atoms with van der Waals surface area (Å²) in [6.07, 6.45) is 0. The third-order valence-electron chi connectivity index (χ3n) is 2.46. The lowest BCUT2D eigenvalue weighted by atomic mass is 10.0. The Balaban J connectivity index is 2.39. The van der Waals surface area contributed by atoms with Gasteiger partial charge in [-0.15, -0.1) is 0 Å². The maximum absolute atomic E-state index is 12.1. The van der Waals surface area contributed by atoms with Gasteiger partial charge in [0.2, 0.25) is 0 Å². The van der Waals surface area contributed by atoms with Crippen LogP contribution < -0.4 is 0 Å². The monoisotopic (exact) mass is 230 g/mol. The van der Waals surface area contributed by atoms with Crippen molar-refractivity contribution in [1.82, 2.24) is 0 Å². The molecule has 0 unspecified atom stereocenters. The molecule has 0 aliphatic carbocycles. The zero-order valence-electron chi connectivity index (χ0n) is 8.91. The molecule has 0 atom stereocenters. The zero-order chi connectivity index (χ0) is 11.5. The van der Waals surface area contributed by atoms with Gasteiger partial charge in [-0.1, -0.05) is 41.9 Å². The normalized spacial score (nSPS) is 10.1. The van der Waals surface area contributed by atoms with Crippen LogP contribution in [0.1, 0.15) is 21.5 Å². The van der Waals surface area contributed by atoms with Gasteiger partial charge in [0, 0.05) is 16.1 Å². The van der Waals surface area contributed by atoms with Crippen LogP contribution in [-0.4, -0.2) is 5.78 Å². The summed E-state index contributed by atoms with van der Waals surface area (Å²) < 4.78 is 0. The third kappa shape index (κ3) is 2.15. The highest BCUT2D eigenvalue weighted by molar-refractivity contribution is 6.31. The minimum atomic E-state index is 0.0281. The number of benzene rings is 2. The fraction of sp³-hybridized carbons (Fsp3) is 0.0714. The number of carbonyl (C=O) groups is 1. The van der Waals surface area contributed by atoms with Crippen molar-refractivity contribution in [2.45, 2.75) is 6.92 Å². The van der Waals surface area contributed by atoms with Gasteiger partial charge in [0.15, 0.2) is 5.78 Å². The Hall–Kier alpha value is -1.60. The standard InChI is InChI=1S/C14H11ClO/c1-10-9-12(7-8-13(10)15)14(16)11-5-3-2-4-6-11/h2-9H,1H3. The first-order chi connectivity index (χ1) is 7.68. The molecule has 0 aliphatic rings. The molecule has 0 amide bonds. The second-order valence-corrected chi connectivity index (χ2v) is 4.07. The smallest absolute Gasteiger partial charge is 0.193 e. The van der Waals surface area contributed by atoms with E-state index in [0.29, 0.717) is 16.1 Å². The molecule has 2 heteroatoms. The zero-order valence-corrected chi connectivity index (χ0v) is 9.66. The summed E-state index contributed by atoms with van der Waals surface area (Å²) in [7, 11) is 0. The highest BCUT2D eigenvalue weighted by Crippen LogP contribution is 2.18. The van der Waals surface area contributed by atoms with Crippen LogP contribution in [-0.2, 0) is 0 Å². The largest absolute Gasteiger partial charge is 0.289 e. The average molecular weight is 231 g/mol. The average Bonchev–Trinajstić information content (AvgIpc) is 2.33. The first-order valence-corrected chi connectivity index (χ1v) is 5.42. The number of hydrogen-bond acceptors (Lipinski definition) is 1. The molecular weight excluding hydrogens is 220 g/mol. The molecule has 0 heterocycles. The molecule has 2 aromatic rings. The maximum Gasteiger partial charge on any atom is 0.193 e. The lowest BCUT2D eigenvalue weighted by Gasteiger charge is -2.03. The molecule has 0 saturated carbocycles. The fourth-order valence-electron chi connectivity index (χ4n) is 1.54. The predicted molar refractivity (Wildman–Crippen MR) is 66.1 cm³/mol. The number of aryl methyl sites for hydroxylation is 1. The van der Waals surface area contributed by atoms with Gasteiger partial charge in [0.05, 0.1) is 0 Å². The Morgan fingerprint density at radius 2 is 1.69 bits per heavy atom. The first-order valence-electron chi connectivity index (χ1n) is 5.04. The van der Waals surface area contributed by atoms with Crippen LogP contribution in [0.15, 0.2) is 48.5 Å². The topological polar surface area (TPSA) is 17.1 Å². The molecule has 0 aromatic heterocycles. The second kappa shape index (κ2) is 4.50. The lowest BCUT2D eigenvalue weighted by molar-refractivity contribution is 0.103. The van der Waals surface area contributed by atoms with Crippen molar-refractivity contribution in [1.29, 1.82) is 0 Å². The molecule has 0 spiro atoms. The van der Waals surface area contributed by atoms with E-state index in [1.165, 1.54) is 0 Å². The Morgan fingerprint density at radius 3 is 2.31 bits per heavy atom. The van der Waals surface area contributed by atoms with Crippen LogP contribution in [0.3, 0.4) is 0 Å². The van der Waals surface area contributed by atoms with E-state index >= 15 is 0 Å². The molecule has 0 N–H and O–H groups in total. The van der Waals surface area contributed by atoms with Gasteiger partial charge in [-0.2, -0.15) is 0 Å². The van der Waals surface area contributed by atoms with Crippen LogP contribution in [0, 0.1) is 6.92 Å².